The molecule has 1 unspecified atom stereocenters. The molecule has 0 aliphatic heterocycles. The first-order valence-electron chi connectivity index (χ1n) is 3.32. The van der Waals surface area contributed by atoms with Crippen LogP contribution in [0.4, 0.5) is 0 Å². The molecular formula is C6H11N3OS. The maximum absolute atomic E-state index is 10.7. The molecule has 0 fully saturated rings. The fourth-order valence-electron chi connectivity index (χ4n) is 0.716. The minimum absolute atomic E-state index is 0.285. The quantitative estimate of drug-likeness (QED) is 0.705. The van der Waals surface area contributed by atoms with E-state index in [0.717, 1.165) is 0 Å². The van der Waals surface area contributed by atoms with Gasteiger partial charge in [-0.3, -0.25) is 4.68 Å². The van der Waals surface area contributed by atoms with Crippen LogP contribution in [0.5, 0.6) is 0 Å². The molecule has 1 atom stereocenters. The molecule has 5 heteroatoms. The Morgan fingerprint density at radius 1 is 1.73 bits per heavy atom. The summed E-state index contributed by atoms with van der Waals surface area (Å²) in [6, 6.07) is 1.95. The summed E-state index contributed by atoms with van der Waals surface area (Å²) in [5, 5.41) is 9.55. The van der Waals surface area contributed by atoms with Crippen molar-refractivity contribution in [2.45, 2.75) is 24.9 Å². The Labute approximate surface area is 68.0 Å². The number of aromatic nitrogens is 2. The normalized spacial score (nSPS) is 13.8. The molecule has 11 heavy (non-hydrogen) atoms. The Bertz CT molecular complexity index is 269. The summed E-state index contributed by atoms with van der Waals surface area (Å²) in [5.74, 6) is 0. The van der Waals surface area contributed by atoms with Crippen molar-refractivity contribution in [2.75, 3.05) is 0 Å². The summed E-state index contributed by atoms with van der Waals surface area (Å²) < 4.78 is 12.4. The molecule has 0 spiro atoms. The SMILES string of the molecule is CC(C)n1ccc(S(N)=O)n1. The molecule has 1 rings (SSSR count). The van der Waals surface area contributed by atoms with E-state index in [0.29, 0.717) is 5.03 Å². The molecule has 1 aromatic rings. The predicted octanol–water partition coefficient (Wildman–Crippen LogP) is 0.445. The van der Waals surface area contributed by atoms with Crippen molar-refractivity contribution >= 4 is 11.0 Å². The highest BCUT2D eigenvalue weighted by atomic mass is 32.2. The first kappa shape index (κ1) is 8.42. The van der Waals surface area contributed by atoms with Crippen LogP contribution in [0.2, 0.25) is 0 Å². The lowest BCUT2D eigenvalue weighted by Crippen LogP contribution is -2.06. The van der Waals surface area contributed by atoms with Gasteiger partial charge in [-0.2, -0.15) is 5.10 Å². The second-order valence-electron chi connectivity index (χ2n) is 2.53. The molecule has 0 aliphatic carbocycles. The van der Waals surface area contributed by atoms with Gasteiger partial charge < -0.3 is 0 Å². The minimum Gasteiger partial charge on any atom is -0.269 e. The Morgan fingerprint density at radius 2 is 2.36 bits per heavy atom. The molecule has 0 aromatic carbocycles. The van der Waals surface area contributed by atoms with E-state index in [4.69, 9.17) is 5.14 Å². The van der Waals surface area contributed by atoms with E-state index in [1.165, 1.54) is 0 Å². The molecule has 0 saturated carbocycles. The third-order valence-electron chi connectivity index (χ3n) is 1.32. The molecule has 4 nitrogen and oxygen atoms in total. The summed E-state index contributed by atoms with van der Waals surface area (Å²) in [4.78, 5) is 0. The second kappa shape index (κ2) is 3.15. The van der Waals surface area contributed by atoms with Crippen LogP contribution in [0.15, 0.2) is 17.3 Å². The number of rotatable bonds is 2. The molecule has 1 aromatic heterocycles. The zero-order valence-corrected chi connectivity index (χ0v) is 7.34. The van der Waals surface area contributed by atoms with E-state index in [1.54, 1.807) is 16.9 Å². The van der Waals surface area contributed by atoms with Crippen LogP contribution in [-0.4, -0.2) is 14.0 Å². The van der Waals surface area contributed by atoms with Gasteiger partial charge in [0.1, 0.15) is 11.0 Å². The van der Waals surface area contributed by atoms with Gasteiger partial charge in [-0.15, -0.1) is 0 Å². The Hall–Kier alpha value is -0.680. The largest absolute Gasteiger partial charge is 0.269 e. The van der Waals surface area contributed by atoms with Crippen molar-refractivity contribution in [3.8, 4) is 0 Å². The van der Waals surface area contributed by atoms with Gasteiger partial charge in [-0.1, -0.05) is 0 Å². The molecular weight excluding hydrogens is 162 g/mol. The summed E-state index contributed by atoms with van der Waals surface area (Å²) in [7, 11) is -1.46. The molecule has 0 bridgehead atoms. The van der Waals surface area contributed by atoms with Crippen LogP contribution in [0.3, 0.4) is 0 Å². The summed E-state index contributed by atoms with van der Waals surface area (Å²) in [5.41, 5.74) is 0. The lowest BCUT2D eigenvalue weighted by molar-refractivity contribution is 0.520. The van der Waals surface area contributed by atoms with Crippen molar-refractivity contribution in [2.24, 2.45) is 5.14 Å². The topological polar surface area (TPSA) is 60.9 Å². The highest BCUT2D eigenvalue weighted by molar-refractivity contribution is 7.82. The maximum atomic E-state index is 10.7. The van der Waals surface area contributed by atoms with Crippen LogP contribution >= 0.6 is 0 Å². The third kappa shape index (κ3) is 1.87. The number of nitrogens with zero attached hydrogens (tertiary/aromatic N) is 2. The van der Waals surface area contributed by atoms with E-state index in [9.17, 15) is 4.21 Å². The summed E-state index contributed by atoms with van der Waals surface area (Å²) in [6.07, 6.45) is 1.77. The summed E-state index contributed by atoms with van der Waals surface area (Å²) >= 11 is 0. The fraction of sp³-hybridized carbons (Fsp3) is 0.500. The first-order valence-corrected chi connectivity index (χ1v) is 4.54. The molecule has 0 saturated heterocycles. The van der Waals surface area contributed by atoms with E-state index in [1.807, 2.05) is 13.8 Å². The van der Waals surface area contributed by atoms with Gasteiger partial charge in [-0.25, -0.2) is 9.35 Å². The molecule has 62 valence electrons. The van der Waals surface area contributed by atoms with Crippen molar-refractivity contribution in [3.05, 3.63) is 12.3 Å². The van der Waals surface area contributed by atoms with Gasteiger partial charge in [0.25, 0.3) is 0 Å². The average molecular weight is 173 g/mol. The van der Waals surface area contributed by atoms with Crippen molar-refractivity contribution in [1.82, 2.24) is 9.78 Å². The van der Waals surface area contributed by atoms with Crippen LogP contribution in [0, 0.1) is 0 Å². The Kier molecular flexibility index (Phi) is 2.41. The van der Waals surface area contributed by atoms with E-state index < -0.39 is 11.0 Å². The highest BCUT2D eigenvalue weighted by Gasteiger charge is 2.03. The predicted molar refractivity (Wildman–Crippen MR) is 43.2 cm³/mol. The zero-order valence-electron chi connectivity index (χ0n) is 6.52. The fourth-order valence-corrected chi connectivity index (χ4v) is 1.09. The zero-order chi connectivity index (χ0) is 8.43. The lowest BCUT2D eigenvalue weighted by atomic mass is 10.4. The van der Waals surface area contributed by atoms with Gasteiger partial charge in [0.05, 0.1) is 0 Å². The standard InChI is InChI=1S/C6H11N3OS/c1-5(2)9-4-3-6(8-9)11(7)10/h3-5H,7H2,1-2H3. The summed E-state index contributed by atoms with van der Waals surface area (Å²) in [6.45, 7) is 3.99. The monoisotopic (exact) mass is 173 g/mol. The van der Waals surface area contributed by atoms with E-state index in [-0.39, 0.29) is 6.04 Å². The van der Waals surface area contributed by atoms with Gasteiger partial charge in [0.2, 0.25) is 0 Å². The van der Waals surface area contributed by atoms with Gasteiger partial charge in [-0.05, 0) is 19.9 Å². The second-order valence-corrected chi connectivity index (χ2v) is 3.54. The molecule has 1 heterocycles. The highest BCUT2D eigenvalue weighted by Crippen LogP contribution is 2.04. The van der Waals surface area contributed by atoms with Crippen molar-refractivity contribution in [1.29, 1.82) is 0 Å². The number of nitrogens with two attached hydrogens (primary N) is 1. The van der Waals surface area contributed by atoms with Gasteiger partial charge in [0.15, 0.2) is 5.03 Å². The van der Waals surface area contributed by atoms with Gasteiger partial charge >= 0.3 is 0 Å². The molecule has 0 radical (unpaired) electrons. The van der Waals surface area contributed by atoms with Crippen LogP contribution in [-0.2, 0) is 11.0 Å². The molecule has 0 amide bonds. The van der Waals surface area contributed by atoms with Crippen molar-refractivity contribution < 1.29 is 4.21 Å². The number of hydrogen-bond donors (Lipinski definition) is 1. The lowest BCUT2D eigenvalue weighted by Gasteiger charge is -2.02. The average Bonchev–Trinajstić information content (AvgIpc) is 2.33. The van der Waals surface area contributed by atoms with Crippen LogP contribution in [0.1, 0.15) is 19.9 Å². The molecule has 2 N–H and O–H groups in total. The Morgan fingerprint density at radius 3 is 2.64 bits per heavy atom. The van der Waals surface area contributed by atoms with E-state index in [2.05, 4.69) is 5.10 Å². The van der Waals surface area contributed by atoms with Crippen LogP contribution in [0.25, 0.3) is 0 Å². The Balaban J connectivity index is 2.90. The van der Waals surface area contributed by atoms with Gasteiger partial charge in [0, 0.05) is 12.2 Å². The first-order chi connectivity index (χ1) is 5.11. The maximum Gasteiger partial charge on any atom is 0.164 e. The van der Waals surface area contributed by atoms with Crippen molar-refractivity contribution in [3.63, 3.8) is 0 Å². The number of hydrogen-bond acceptors (Lipinski definition) is 2. The third-order valence-corrected chi connectivity index (χ3v) is 1.95. The molecule has 0 aliphatic rings. The van der Waals surface area contributed by atoms with E-state index >= 15 is 0 Å². The van der Waals surface area contributed by atoms with Crippen LogP contribution < -0.4 is 5.14 Å². The minimum atomic E-state index is -1.46. The smallest absolute Gasteiger partial charge is 0.164 e.